The van der Waals surface area contributed by atoms with Crippen LogP contribution in [0.1, 0.15) is 5.56 Å². The van der Waals surface area contributed by atoms with E-state index in [0.29, 0.717) is 29.6 Å². The molecule has 2 aliphatic rings. The first-order valence-electron chi connectivity index (χ1n) is 7.29. The van der Waals surface area contributed by atoms with Crippen molar-refractivity contribution in [3.63, 3.8) is 0 Å². The van der Waals surface area contributed by atoms with Crippen molar-refractivity contribution in [3.8, 4) is 11.5 Å². The third-order valence-electron chi connectivity index (χ3n) is 3.61. The Balaban J connectivity index is 1.83. The largest absolute Gasteiger partial charge is 0.493 e. The van der Waals surface area contributed by atoms with Gasteiger partial charge in [0.2, 0.25) is 0 Å². The maximum atomic E-state index is 12.2. The molecule has 6 nitrogen and oxygen atoms in total. The number of ether oxygens (including phenoxy) is 3. The highest BCUT2D eigenvalue weighted by molar-refractivity contribution is 8.18. The number of amidine groups is 1. The van der Waals surface area contributed by atoms with E-state index >= 15 is 0 Å². The quantitative estimate of drug-likeness (QED) is 0.788. The number of hydrogen-bond acceptors (Lipinski definition) is 6. The standard InChI is InChI=1S/C16H18N2O4S/c1-20-12-5-3-4-11(14(12)21-2)10-13-15(19)17-16(23-13)18-6-8-22-9-7-18/h3-5,10H,6-9H2,1-2H3/b13-10+. The highest BCUT2D eigenvalue weighted by atomic mass is 32.2. The number of morpholine rings is 1. The van der Waals surface area contributed by atoms with Gasteiger partial charge in [-0.1, -0.05) is 12.1 Å². The predicted molar refractivity (Wildman–Crippen MR) is 89.9 cm³/mol. The molecule has 0 unspecified atom stereocenters. The lowest BCUT2D eigenvalue weighted by Gasteiger charge is -2.27. The van der Waals surface area contributed by atoms with Crippen molar-refractivity contribution in [2.45, 2.75) is 0 Å². The Bertz CT molecular complexity index is 666. The molecule has 1 fully saturated rings. The van der Waals surface area contributed by atoms with Gasteiger partial charge >= 0.3 is 0 Å². The molecule has 0 aliphatic carbocycles. The van der Waals surface area contributed by atoms with Gasteiger partial charge in [0.1, 0.15) is 0 Å². The van der Waals surface area contributed by atoms with E-state index in [9.17, 15) is 4.79 Å². The Morgan fingerprint density at radius 1 is 1.26 bits per heavy atom. The number of para-hydroxylation sites is 1. The minimum atomic E-state index is -0.221. The second kappa shape index (κ2) is 7.06. The second-order valence-corrected chi connectivity index (χ2v) is 6.00. The number of benzene rings is 1. The predicted octanol–water partition coefficient (Wildman–Crippen LogP) is 2.01. The van der Waals surface area contributed by atoms with Gasteiger partial charge in [0.15, 0.2) is 16.7 Å². The van der Waals surface area contributed by atoms with Crippen LogP contribution in [-0.2, 0) is 9.53 Å². The highest BCUT2D eigenvalue weighted by Gasteiger charge is 2.27. The number of amides is 1. The summed E-state index contributed by atoms with van der Waals surface area (Å²) in [5.41, 5.74) is 0.793. The van der Waals surface area contributed by atoms with Crippen LogP contribution in [-0.4, -0.2) is 56.5 Å². The molecular weight excluding hydrogens is 316 g/mol. The summed E-state index contributed by atoms with van der Waals surface area (Å²) in [5.74, 6) is 1.02. The van der Waals surface area contributed by atoms with Crippen LogP contribution in [0.15, 0.2) is 28.1 Å². The number of thioether (sulfide) groups is 1. The smallest absolute Gasteiger partial charge is 0.286 e. The first-order valence-corrected chi connectivity index (χ1v) is 8.11. The SMILES string of the molecule is COc1cccc(/C=C2/SC(N3CCOCC3)=NC2=O)c1OC. The van der Waals surface area contributed by atoms with Crippen LogP contribution in [0.5, 0.6) is 11.5 Å². The summed E-state index contributed by atoms with van der Waals surface area (Å²) in [5, 5.41) is 0.742. The topological polar surface area (TPSA) is 60.4 Å². The first-order chi connectivity index (χ1) is 11.2. The molecule has 23 heavy (non-hydrogen) atoms. The lowest BCUT2D eigenvalue weighted by atomic mass is 10.1. The van der Waals surface area contributed by atoms with Gasteiger partial charge in [-0.3, -0.25) is 4.79 Å². The number of nitrogens with zero attached hydrogens (tertiary/aromatic N) is 2. The fourth-order valence-corrected chi connectivity index (χ4v) is 3.41. The lowest BCUT2D eigenvalue weighted by Crippen LogP contribution is -2.38. The monoisotopic (exact) mass is 334 g/mol. The van der Waals surface area contributed by atoms with Crippen molar-refractivity contribution in [1.82, 2.24) is 4.90 Å². The minimum absolute atomic E-state index is 0.221. The molecule has 3 rings (SSSR count). The van der Waals surface area contributed by atoms with Crippen molar-refractivity contribution < 1.29 is 19.0 Å². The van der Waals surface area contributed by atoms with E-state index in [2.05, 4.69) is 9.89 Å². The third-order valence-corrected chi connectivity index (χ3v) is 4.66. The van der Waals surface area contributed by atoms with Crippen LogP contribution in [0.3, 0.4) is 0 Å². The number of methoxy groups -OCH3 is 2. The Morgan fingerprint density at radius 3 is 2.74 bits per heavy atom. The van der Waals surface area contributed by atoms with Crippen molar-refractivity contribution >= 4 is 28.9 Å². The van der Waals surface area contributed by atoms with Gasteiger partial charge in [-0.2, -0.15) is 4.99 Å². The number of carbonyl (C=O) groups is 1. The van der Waals surface area contributed by atoms with E-state index in [-0.39, 0.29) is 5.91 Å². The van der Waals surface area contributed by atoms with Crippen LogP contribution >= 0.6 is 11.8 Å². The Kier molecular flexibility index (Phi) is 4.88. The summed E-state index contributed by atoms with van der Waals surface area (Å²) >= 11 is 1.39. The van der Waals surface area contributed by atoms with Crippen LogP contribution in [0.2, 0.25) is 0 Å². The van der Waals surface area contributed by atoms with E-state index in [0.717, 1.165) is 23.8 Å². The van der Waals surface area contributed by atoms with E-state index in [4.69, 9.17) is 14.2 Å². The molecule has 0 N–H and O–H groups in total. The Hall–Kier alpha value is -1.99. The molecule has 1 aromatic carbocycles. The fraction of sp³-hybridized carbons (Fsp3) is 0.375. The number of hydrogen-bond donors (Lipinski definition) is 0. The van der Waals surface area contributed by atoms with Gasteiger partial charge in [-0.05, 0) is 23.9 Å². The number of rotatable bonds is 3. The average Bonchev–Trinajstić information content (AvgIpc) is 2.96. The highest BCUT2D eigenvalue weighted by Crippen LogP contribution is 2.36. The molecule has 0 spiro atoms. The van der Waals surface area contributed by atoms with E-state index in [1.807, 2.05) is 18.2 Å². The van der Waals surface area contributed by atoms with Gasteiger partial charge in [0, 0.05) is 18.7 Å². The van der Waals surface area contributed by atoms with E-state index in [1.165, 1.54) is 11.8 Å². The van der Waals surface area contributed by atoms with Gasteiger partial charge in [0.05, 0.1) is 32.3 Å². The fourth-order valence-electron chi connectivity index (χ4n) is 2.45. The maximum absolute atomic E-state index is 12.2. The molecule has 0 radical (unpaired) electrons. The molecule has 0 atom stereocenters. The molecule has 2 aliphatic heterocycles. The Labute approximate surface area is 139 Å². The molecule has 1 aromatic rings. The molecule has 0 aromatic heterocycles. The molecule has 2 heterocycles. The summed E-state index contributed by atoms with van der Waals surface area (Å²) in [6, 6.07) is 5.57. The van der Waals surface area contributed by atoms with E-state index < -0.39 is 0 Å². The summed E-state index contributed by atoms with van der Waals surface area (Å²) in [6.07, 6.45) is 1.80. The van der Waals surface area contributed by atoms with Crippen molar-refractivity contribution in [3.05, 3.63) is 28.7 Å². The van der Waals surface area contributed by atoms with Gasteiger partial charge in [-0.15, -0.1) is 0 Å². The molecule has 0 saturated carbocycles. The lowest BCUT2D eigenvalue weighted by molar-refractivity contribution is -0.113. The first kappa shape index (κ1) is 15.9. The zero-order valence-electron chi connectivity index (χ0n) is 13.1. The molecule has 1 saturated heterocycles. The van der Waals surface area contributed by atoms with Crippen LogP contribution in [0.4, 0.5) is 0 Å². The van der Waals surface area contributed by atoms with Crippen LogP contribution < -0.4 is 9.47 Å². The summed E-state index contributed by atoms with van der Waals surface area (Å²) in [4.78, 5) is 19.0. The Morgan fingerprint density at radius 2 is 2.04 bits per heavy atom. The van der Waals surface area contributed by atoms with Gasteiger partial charge in [0.25, 0.3) is 5.91 Å². The second-order valence-electron chi connectivity index (χ2n) is 4.99. The normalized spacial score (nSPS) is 19.9. The van der Waals surface area contributed by atoms with Crippen LogP contribution in [0.25, 0.3) is 6.08 Å². The number of carbonyl (C=O) groups excluding carboxylic acids is 1. The van der Waals surface area contributed by atoms with Crippen molar-refractivity contribution in [2.24, 2.45) is 4.99 Å². The van der Waals surface area contributed by atoms with E-state index in [1.54, 1.807) is 20.3 Å². The van der Waals surface area contributed by atoms with Gasteiger partial charge < -0.3 is 19.1 Å². The third kappa shape index (κ3) is 3.35. The molecule has 1 amide bonds. The summed E-state index contributed by atoms with van der Waals surface area (Å²) in [6.45, 7) is 2.84. The molecular formula is C16H18N2O4S. The molecule has 7 heteroatoms. The zero-order chi connectivity index (χ0) is 16.2. The molecule has 122 valence electrons. The minimum Gasteiger partial charge on any atom is -0.493 e. The van der Waals surface area contributed by atoms with Gasteiger partial charge in [-0.25, -0.2) is 0 Å². The summed E-state index contributed by atoms with van der Waals surface area (Å²) in [7, 11) is 3.17. The molecule has 0 bridgehead atoms. The summed E-state index contributed by atoms with van der Waals surface area (Å²) < 4.78 is 16.0. The van der Waals surface area contributed by atoms with Crippen LogP contribution in [0, 0.1) is 0 Å². The van der Waals surface area contributed by atoms with Crippen molar-refractivity contribution in [1.29, 1.82) is 0 Å². The van der Waals surface area contributed by atoms with Crippen molar-refractivity contribution in [2.75, 3.05) is 40.5 Å². The average molecular weight is 334 g/mol. The number of aliphatic imine (C=N–C) groups is 1. The maximum Gasteiger partial charge on any atom is 0.286 e. The zero-order valence-corrected chi connectivity index (χ0v) is 13.9.